The van der Waals surface area contributed by atoms with Gasteiger partial charge in [-0.05, 0) is 54.7 Å². The number of nitrogens with zero attached hydrogens (tertiary/aromatic N) is 1. The van der Waals surface area contributed by atoms with E-state index in [1.807, 2.05) is 63.2 Å². The lowest BCUT2D eigenvalue weighted by atomic mass is 10.0. The summed E-state index contributed by atoms with van der Waals surface area (Å²) in [6.45, 7) is 6.71. The summed E-state index contributed by atoms with van der Waals surface area (Å²) in [5.41, 5.74) is 2.28. The van der Waals surface area contributed by atoms with Crippen LogP contribution in [0.5, 0.6) is 5.75 Å². The quantitative estimate of drug-likeness (QED) is 0.750. The first-order valence-corrected chi connectivity index (χ1v) is 11.4. The number of rotatable bonds is 3. The summed E-state index contributed by atoms with van der Waals surface area (Å²) in [4.78, 5) is 40.3. The molecule has 3 rings (SSSR count). The van der Waals surface area contributed by atoms with Gasteiger partial charge in [-0.2, -0.15) is 0 Å². The number of hydrogen-bond donors (Lipinski definition) is 2. The monoisotopic (exact) mass is 451 g/mol. The molecule has 0 saturated carbocycles. The second kappa shape index (κ2) is 11.0. The number of nitrogens with one attached hydrogen (secondary N) is 2. The van der Waals surface area contributed by atoms with Gasteiger partial charge in [-0.3, -0.25) is 14.4 Å². The zero-order chi connectivity index (χ0) is 24.0. The molecule has 4 bridgehead atoms. The van der Waals surface area contributed by atoms with Gasteiger partial charge in [0.1, 0.15) is 18.4 Å². The number of carbonyl (C=O) groups excluding carboxylic acids is 3. The maximum atomic E-state index is 13.3. The Labute approximate surface area is 195 Å². The minimum absolute atomic E-state index is 0.122. The van der Waals surface area contributed by atoms with Crippen molar-refractivity contribution in [1.82, 2.24) is 15.5 Å². The van der Waals surface area contributed by atoms with E-state index >= 15 is 0 Å². The Bertz CT molecular complexity index is 1000. The molecule has 0 radical (unpaired) electrons. The number of amides is 3. The summed E-state index contributed by atoms with van der Waals surface area (Å²) in [5, 5.41) is 5.82. The van der Waals surface area contributed by atoms with E-state index in [4.69, 9.17) is 4.74 Å². The van der Waals surface area contributed by atoms with Gasteiger partial charge in [-0.1, -0.05) is 38.1 Å². The topological polar surface area (TPSA) is 87.7 Å². The van der Waals surface area contributed by atoms with Crippen LogP contribution in [0.15, 0.2) is 48.5 Å². The highest BCUT2D eigenvalue weighted by atomic mass is 16.5. The molecule has 3 amide bonds. The largest absolute Gasteiger partial charge is 0.491 e. The van der Waals surface area contributed by atoms with Crippen LogP contribution in [0.25, 0.3) is 11.1 Å². The van der Waals surface area contributed by atoms with Crippen LogP contribution in [0.4, 0.5) is 0 Å². The predicted octanol–water partition coefficient (Wildman–Crippen LogP) is 3.24. The Morgan fingerprint density at radius 3 is 2.52 bits per heavy atom. The number of likely N-dealkylation sites (N-methyl/N-ethyl adjacent to an activating group) is 1. The van der Waals surface area contributed by atoms with Gasteiger partial charge in [-0.25, -0.2) is 0 Å². The molecule has 7 heteroatoms. The van der Waals surface area contributed by atoms with Gasteiger partial charge in [0.2, 0.25) is 11.8 Å². The molecule has 0 spiro atoms. The van der Waals surface area contributed by atoms with Crippen LogP contribution in [0.1, 0.15) is 44.0 Å². The highest BCUT2D eigenvalue weighted by Crippen LogP contribution is 2.26. The van der Waals surface area contributed by atoms with Crippen molar-refractivity contribution in [3.05, 3.63) is 54.1 Å². The first kappa shape index (κ1) is 24.3. The molecule has 1 heterocycles. The second-order valence-electron chi connectivity index (χ2n) is 9.00. The van der Waals surface area contributed by atoms with Gasteiger partial charge in [0.25, 0.3) is 5.91 Å². The average molecular weight is 452 g/mol. The highest BCUT2D eigenvalue weighted by molar-refractivity contribution is 5.98. The molecule has 0 aromatic heterocycles. The van der Waals surface area contributed by atoms with Crippen LogP contribution in [0.3, 0.4) is 0 Å². The summed E-state index contributed by atoms with van der Waals surface area (Å²) in [7, 11) is 1.62. The van der Waals surface area contributed by atoms with Crippen LogP contribution >= 0.6 is 0 Å². The van der Waals surface area contributed by atoms with Gasteiger partial charge in [0, 0.05) is 25.6 Å². The zero-order valence-corrected chi connectivity index (χ0v) is 19.8. The number of hydrogen-bond acceptors (Lipinski definition) is 4. The molecular formula is C26H33N3O4. The minimum Gasteiger partial charge on any atom is -0.491 e. The van der Waals surface area contributed by atoms with E-state index in [0.29, 0.717) is 24.5 Å². The molecule has 1 aliphatic heterocycles. The normalized spacial score (nSPS) is 19.6. The van der Waals surface area contributed by atoms with E-state index < -0.39 is 6.04 Å². The van der Waals surface area contributed by atoms with Crippen LogP contribution < -0.4 is 15.4 Å². The minimum atomic E-state index is -0.756. The lowest BCUT2D eigenvalue weighted by molar-refractivity contribution is -0.126. The first-order chi connectivity index (χ1) is 15.7. The van der Waals surface area contributed by atoms with Crippen molar-refractivity contribution in [3.63, 3.8) is 0 Å². The fourth-order valence-electron chi connectivity index (χ4n) is 3.74. The molecule has 33 heavy (non-hydrogen) atoms. The molecule has 2 N–H and O–H groups in total. The van der Waals surface area contributed by atoms with Crippen molar-refractivity contribution in [2.45, 2.75) is 45.7 Å². The Morgan fingerprint density at radius 1 is 1.12 bits per heavy atom. The summed E-state index contributed by atoms with van der Waals surface area (Å²) in [5.74, 6) is 0.258. The van der Waals surface area contributed by atoms with E-state index in [0.717, 1.165) is 11.1 Å². The second-order valence-corrected chi connectivity index (χ2v) is 9.00. The lowest BCUT2D eigenvalue weighted by Crippen LogP contribution is -2.49. The lowest BCUT2D eigenvalue weighted by Gasteiger charge is -2.28. The fraction of sp³-hybridized carbons (Fsp3) is 0.423. The molecule has 2 atom stereocenters. The average Bonchev–Trinajstić information content (AvgIpc) is 2.80. The third-order valence-corrected chi connectivity index (χ3v) is 5.60. The highest BCUT2D eigenvalue weighted by Gasteiger charge is 2.28. The van der Waals surface area contributed by atoms with E-state index in [-0.39, 0.29) is 42.5 Å². The molecule has 2 aromatic carbocycles. The summed E-state index contributed by atoms with van der Waals surface area (Å²) in [6.07, 6.45) is 0.349. The van der Waals surface area contributed by atoms with Gasteiger partial charge >= 0.3 is 0 Å². The van der Waals surface area contributed by atoms with Crippen molar-refractivity contribution >= 4 is 17.7 Å². The molecule has 176 valence electrons. The van der Waals surface area contributed by atoms with Crippen molar-refractivity contribution in [3.8, 4) is 16.9 Å². The number of ether oxygens (including phenoxy) is 1. The Kier molecular flexibility index (Phi) is 8.09. The van der Waals surface area contributed by atoms with Crippen molar-refractivity contribution in [1.29, 1.82) is 0 Å². The van der Waals surface area contributed by atoms with Crippen molar-refractivity contribution in [2.24, 2.45) is 5.92 Å². The number of benzene rings is 2. The smallest absolute Gasteiger partial charge is 0.254 e. The third kappa shape index (κ3) is 6.57. The number of carbonyl (C=O) groups is 3. The number of fused-ring (bicyclic) bond motifs is 5. The van der Waals surface area contributed by atoms with Crippen LogP contribution in [-0.2, 0) is 9.59 Å². The van der Waals surface area contributed by atoms with Gasteiger partial charge in [0.15, 0.2) is 0 Å². The molecule has 7 nitrogen and oxygen atoms in total. The molecular weight excluding hydrogens is 418 g/mol. The van der Waals surface area contributed by atoms with E-state index in [2.05, 4.69) is 10.6 Å². The standard InChI is InChI=1S/C26H33N3O4/c1-17(2)15-27-25(31)23-11-12-24(30)28-18(3)16-33-22-10-6-8-20(14-22)19-7-5-9-21(13-19)26(32)29(23)4/h5-10,13-14,17-18,23H,11-12,15-16H2,1-4H3,(H,27,31)(H,28,30)/t18-,23-/m0/s1. The van der Waals surface area contributed by atoms with E-state index in [9.17, 15) is 14.4 Å². The third-order valence-electron chi connectivity index (χ3n) is 5.60. The Morgan fingerprint density at radius 2 is 1.79 bits per heavy atom. The summed E-state index contributed by atoms with van der Waals surface area (Å²) < 4.78 is 5.88. The zero-order valence-electron chi connectivity index (χ0n) is 19.8. The summed E-state index contributed by atoms with van der Waals surface area (Å²) >= 11 is 0. The van der Waals surface area contributed by atoms with Crippen LogP contribution in [-0.4, -0.2) is 54.9 Å². The molecule has 0 saturated heterocycles. The Hall–Kier alpha value is -3.35. The maximum absolute atomic E-state index is 13.3. The van der Waals surface area contributed by atoms with E-state index in [1.165, 1.54) is 4.90 Å². The molecule has 1 aliphatic rings. The SMILES string of the molecule is CC(C)CNC(=O)[C@@H]1CCC(=O)N[C@@H](C)COc2cccc(c2)-c2cccc(c2)C(=O)N1C. The predicted molar refractivity (Wildman–Crippen MR) is 128 cm³/mol. The van der Waals surface area contributed by atoms with Crippen LogP contribution in [0, 0.1) is 5.92 Å². The van der Waals surface area contributed by atoms with Gasteiger partial charge in [0.05, 0.1) is 6.04 Å². The van der Waals surface area contributed by atoms with Gasteiger partial charge < -0.3 is 20.3 Å². The van der Waals surface area contributed by atoms with Crippen LogP contribution in [0.2, 0.25) is 0 Å². The molecule has 0 aliphatic carbocycles. The Balaban J connectivity index is 1.96. The summed E-state index contributed by atoms with van der Waals surface area (Å²) in [6, 6.07) is 14.0. The van der Waals surface area contributed by atoms with Crippen molar-refractivity contribution < 1.29 is 19.1 Å². The molecule has 0 unspecified atom stereocenters. The fourth-order valence-corrected chi connectivity index (χ4v) is 3.74. The maximum Gasteiger partial charge on any atom is 0.254 e. The molecule has 0 fully saturated rings. The molecule has 2 aromatic rings. The van der Waals surface area contributed by atoms with E-state index in [1.54, 1.807) is 13.1 Å². The van der Waals surface area contributed by atoms with Gasteiger partial charge in [-0.15, -0.1) is 0 Å². The first-order valence-electron chi connectivity index (χ1n) is 11.4. The van der Waals surface area contributed by atoms with Crippen molar-refractivity contribution in [2.75, 3.05) is 20.2 Å².